The quantitative estimate of drug-likeness (QED) is 0.706. The van der Waals surface area contributed by atoms with Crippen molar-refractivity contribution in [1.29, 1.82) is 0 Å². The molecular formula is C15H24BrNO2. The van der Waals surface area contributed by atoms with Crippen LogP contribution >= 0.6 is 15.9 Å². The number of benzene rings is 1. The Morgan fingerprint density at radius 3 is 2.47 bits per heavy atom. The third-order valence-corrected chi connectivity index (χ3v) is 3.71. The lowest BCUT2D eigenvalue weighted by Crippen LogP contribution is -2.29. The average Bonchev–Trinajstić information content (AvgIpc) is 2.43. The summed E-state index contributed by atoms with van der Waals surface area (Å²) in [6, 6.07) is 7.85. The lowest BCUT2D eigenvalue weighted by atomic mass is 10.1. The third-order valence-electron chi connectivity index (χ3n) is 3.18. The highest BCUT2D eigenvalue weighted by molar-refractivity contribution is 9.10. The minimum atomic E-state index is -0.394. The SMILES string of the molecule is CCOCCN(CC)CCC(O)c1ccc(Br)cc1. The standard InChI is InChI=1S/C15H24BrNO2/c1-3-17(11-12-19-4-2)10-9-15(18)13-5-7-14(16)8-6-13/h5-8,15,18H,3-4,9-12H2,1-2H3. The maximum atomic E-state index is 10.2. The lowest BCUT2D eigenvalue weighted by Gasteiger charge is -2.22. The van der Waals surface area contributed by atoms with Gasteiger partial charge in [-0.05, 0) is 37.6 Å². The van der Waals surface area contributed by atoms with Crippen LogP contribution in [0.2, 0.25) is 0 Å². The van der Waals surface area contributed by atoms with E-state index < -0.39 is 6.10 Å². The fourth-order valence-electron chi connectivity index (χ4n) is 1.92. The van der Waals surface area contributed by atoms with Crippen LogP contribution in [0.1, 0.15) is 31.9 Å². The molecule has 0 aliphatic heterocycles. The van der Waals surface area contributed by atoms with Gasteiger partial charge in [-0.25, -0.2) is 0 Å². The number of hydrogen-bond acceptors (Lipinski definition) is 3. The van der Waals surface area contributed by atoms with Crippen molar-refractivity contribution in [2.75, 3.05) is 32.8 Å². The topological polar surface area (TPSA) is 32.7 Å². The van der Waals surface area contributed by atoms with E-state index in [1.807, 2.05) is 31.2 Å². The first-order valence-electron chi connectivity index (χ1n) is 6.91. The summed E-state index contributed by atoms with van der Waals surface area (Å²) in [4.78, 5) is 2.30. The Bertz CT molecular complexity index is 343. The van der Waals surface area contributed by atoms with Crippen molar-refractivity contribution in [3.63, 3.8) is 0 Å². The van der Waals surface area contributed by atoms with Crippen molar-refractivity contribution >= 4 is 15.9 Å². The van der Waals surface area contributed by atoms with Crippen molar-refractivity contribution in [3.05, 3.63) is 34.3 Å². The van der Waals surface area contributed by atoms with Gasteiger partial charge < -0.3 is 14.7 Å². The molecule has 1 atom stereocenters. The molecule has 0 aliphatic rings. The van der Waals surface area contributed by atoms with E-state index in [1.165, 1.54) is 0 Å². The van der Waals surface area contributed by atoms with Gasteiger partial charge in [0, 0.05) is 24.2 Å². The summed E-state index contributed by atoms with van der Waals surface area (Å²) in [5.41, 5.74) is 0.976. The highest BCUT2D eigenvalue weighted by Crippen LogP contribution is 2.19. The Morgan fingerprint density at radius 1 is 1.21 bits per heavy atom. The summed E-state index contributed by atoms with van der Waals surface area (Å²) < 4.78 is 6.40. The fraction of sp³-hybridized carbons (Fsp3) is 0.600. The van der Waals surface area contributed by atoms with Crippen LogP contribution in [-0.4, -0.2) is 42.9 Å². The predicted molar refractivity (Wildman–Crippen MR) is 82.3 cm³/mol. The summed E-state index contributed by atoms with van der Waals surface area (Å²) in [6.07, 6.45) is 0.357. The molecule has 0 fully saturated rings. The Hall–Kier alpha value is -0.420. The number of nitrogens with zero attached hydrogens (tertiary/aromatic N) is 1. The minimum absolute atomic E-state index is 0.394. The first-order chi connectivity index (χ1) is 9.17. The molecule has 19 heavy (non-hydrogen) atoms. The number of aliphatic hydroxyl groups is 1. The van der Waals surface area contributed by atoms with Crippen molar-refractivity contribution in [2.45, 2.75) is 26.4 Å². The zero-order chi connectivity index (χ0) is 14.1. The summed E-state index contributed by atoms with van der Waals surface area (Å²) in [5.74, 6) is 0. The second kappa shape index (κ2) is 9.48. The van der Waals surface area contributed by atoms with Gasteiger partial charge in [0.05, 0.1) is 12.7 Å². The van der Waals surface area contributed by atoms with Gasteiger partial charge in [-0.2, -0.15) is 0 Å². The molecule has 0 bridgehead atoms. The molecule has 0 radical (unpaired) electrons. The van der Waals surface area contributed by atoms with E-state index in [2.05, 4.69) is 27.8 Å². The fourth-order valence-corrected chi connectivity index (χ4v) is 2.19. The van der Waals surface area contributed by atoms with E-state index >= 15 is 0 Å². The van der Waals surface area contributed by atoms with Gasteiger partial charge in [-0.15, -0.1) is 0 Å². The smallest absolute Gasteiger partial charge is 0.0802 e. The van der Waals surface area contributed by atoms with Gasteiger partial charge in [0.25, 0.3) is 0 Å². The Kier molecular flexibility index (Phi) is 8.30. The van der Waals surface area contributed by atoms with Gasteiger partial charge in [0.2, 0.25) is 0 Å². The largest absolute Gasteiger partial charge is 0.388 e. The van der Waals surface area contributed by atoms with E-state index in [-0.39, 0.29) is 0 Å². The van der Waals surface area contributed by atoms with Crippen LogP contribution in [0, 0.1) is 0 Å². The molecule has 4 heteroatoms. The Morgan fingerprint density at radius 2 is 1.89 bits per heavy atom. The molecule has 1 unspecified atom stereocenters. The molecule has 0 aromatic heterocycles. The van der Waals surface area contributed by atoms with E-state index in [4.69, 9.17) is 4.74 Å². The van der Waals surface area contributed by atoms with Crippen LogP contribution in [0.4, 0.5) is 0 Å². The van der Waals surface area contributed by atoms with E-state index in [9.17, 15) is 5.11 Å². The lowest BCUT2D eigenvalue weighted by molar-refractivity contribution is 0.101. The molecule has 0 amide bonds. The van der Waals surface area contributed by atoms with Crippen LogP contribution in [0.3, 0.4) is 0 Å². The van der Waals surface area contributed by atoms with Crippen LogP contribution in [0.15, 0.2) is 28.7 Å². The van der Waals surface area contributed by atoms with Crippen LogP contribution in [0.5, 0.6) is 0 Å². The van der Waals surface area contributed by atoms with Crippen LogP contribution in [-0.2, 0) is 4.74 Å². The second-order valence-electron chi connectivity index (χ2n) is 4.49. The van der Waals surface area contributed by atoms with Crippen LogP contribution in [0.25, 0.3) is 0 Å². The van der Waals surface area contributed by atoms with Crippen molar-refractivity contribution in [1.82, 2.24) is 4.90 Å². The Balaban J connectivity index is 2.34. The van der Waals surface area contributed by atoms with Gasteiger partial charge in [-0.1, -0.05) is 35.0 Å². The van der Waals surface area contributed by atoms with Gasteiger partial charge in [0.1, 0.15) is 0 Å². The van der Waals surface area contributed by atoms with Gasteiger partial charge >= 0.3 is 0 Å². The third kappa shape index (κ3) is 6.52. The number of hydrogen-bond donors (Lipinski definition) is 1. The molecule has 1 aromatic carbocycles. The molecule has 1 rings (SSSR count). The summed E-state index contributed by atoms with van der Waals surface area (Å²) >= 11 is 3.40. The molecule has 1 N–H and O–H groups in total. The number of halogens is 1. The molecule has 0 aliphatic carbocycles. The van der Waals surface area contributed by atoms with Crippen molar-refractivity contribution in [2.24, 2.45) is 0 Å². The number of rotatable bonds is 9. The van der Waals surface area contributed by atoms with Crippen molar-refractivity contribution in [3.8, 4) is 0 Å². The monoisotopic (exact) mass is 329 g/mol. The Labute approximate surface area is 124 Å². The maximum absolute atomic E-state index is 10.2. The van der Waals surface area contributed by atoms with E-state index in [0.717, 1.165) is 49.3 Å². The summed E-state index contributed by atoms with van der Waals surface area (Å²) in [6.45, 7) is 8.47. The molecule has 0 spiro atoms. The first-order valence-corrected chi connectivity index (χ1v) is 7.70. The average molecular weight is 330 g/mol. The normalized spacial score (nSPS) is 12.9. The molecule has 0 saturated heterocycles. The zero-order valence-corrected chi connectivity index (χ0v) is 13.4. The molecule has 108 valence electrons. The highest BCUT2D eigenvalue weighted by atomic mass is 79.9. The summed E-state index contributed by atoms with van der Waals surface area (Å²) in [5, 5.41) is 10.2. The number of aliphatic hydroxyl groups excluding tert-OH is 1. The second-order valence-corrected chi connectivity index (χ2v) is 5.40. The van der Waals surface area contributed by atoms with Gasteiger partial charge in [0.15, 0.2) is 0 Å². The van der Waals surface area contributed by atoms with E-state index in [1.54, 1.807) is 0 Å². The van der Waals surface area contributed by atoms with Crippen LogP contribution < -0.4 is 0 Å². The number of ether oxygens (including phenoxy) is 1. The molecule has 1 aromatic rings. The molecule has 0 heterocycles. The van der Waals surface area contributed by atoms with Gasteiger partial charge in [-0.3, -0.25) is 0 Å². The minimum Gasteiger partial charge on any atom is -0.388 e. The summed E-state index contributed by atoms with van der Waals surface area (Å²) in [7, 11) is 0. The number of likely N-dealkylation sites (N-methyl/N-ethyl adjacent to an activating group) is 1. The zero-order valence-electron chi connectivity index (χ0n) is 11.8. The van der Waals surface area contributed by atoms with E-state index in [0.29, 0.717) is 0 Å². The first kappa shape index (κ1) is 16.6. The maximum Gasteiger partial charge on any atom is 0.0802 e. The van der Waals surface area contributed by atoms with Crippen molar-refractivity contribution < 1.29 is 9.84 Å². The molecular weight excluding hydrogens is 306 g/mol. The molecule has 3 nitrogen and oxygen atoms in total. The molecule has 0 saturated carbocycles. The highest BCUT2D eigenvalue weighted by Gasteiger charge is 2.10. The predicted octanol–water partition coefficient (Wildman–Crippen LogP) is 3.23.